The number of anilines is 2. The van der Waals surface area contributed by atoms with Gasteiger partial charge in [-0.1, -0.05) is 0 Å². The van der Waals surface area contributed by atoms with Crippen LogP contribution in [0.25, 0.3) is 11.2 Å². The Kier molecular flexibility index (Phi) is 3.80. The Balaban J connectivity index is 2.08. The zero-order valence-corrected chi connectivity index (χ0v) is 11.7. The van der Waals surface area contributed by atoms with Crippen LogP contribution >= 0.6 is 0 Å². The number of hydrogen-bond acceptors (Lipinski definition) is 10. The molecule has 2 aromatic heterocycles. The van der Waals surface area contributed by atoms with Crippen LogP contribution in [0.5, 0.6) is 0 Å². The van der Waals surface area contributed by atoms with Crippen molar-refractivity contribution in [2.75, 3.05) is 24.4 Å². The number of nitrogens with one attached hydrogen (secondary N) is 2. The third-order valence-electron chi connectivity index (χ3n) is 3.58. The van der Waals surface area contributed by atoms with Crippen LogP contribution in [0.1, 0.15) is 6.23 Å². The van der Waals surface area contributed by atoms with Crippen molar-refractivity contribution in [3.63, 3.8) is 0 Å². The van der Waals surface area contributed by atoms with E-state index in [2.05, 4.69) is 25.7 Å². The number of imidazole rings is 1. The van der Waals surface area contributed by atoms with E-state index in [4.69, 9.17) is 15.7 Å². The van der Waals surface area contributed by atoms with E-state index in [1.165, 1.54) is 10.9 Å². The van der Waals surface area contributed by atoms with Crippen molar-refractivity contribution in [1.82, 2.24) is 19.5 Å². The average Bonchev–Trinajstić information content (AvgIpc) is 3.08. The fraction of sp³-hybridized carbons (Fsp3) is 0.545. The topological polar surface area (TPSA) is 164 Å². The van der Waals surface area contributed by atoms with Gasteiger partial charge in [-0.3, -0.25) is 9.99 Å². The summed E-state index contributed by atoms with van der Waals surface area (Å²) in [4.78, 5) is 12.5. The summed E-state index contributed by atoms with van der Waals surface area (Å²) in [5, 5.41) is 32.0. The van der Waals surface area contributed by atoms with Crippen molar-refractivity contribution in [2.45, 2.75) is 24.5 Å². The first-order valence-corrected chi connectivity index (χ1v) is 6.62. The zero-order chi connectivity index (χ0) is 15.9. The minimum absolute atomic E-state index is 0.158. The van der Waals surface area contributed by atoms with Crippen LogP contribution in [0.4, 0.5) is 11.8 Å². The van der Waals surface area contributed by atoms with Crippen LogP contribution in [0.15, 0.2) is 6.33 Å². The average molecular weight is 311 g/mol. The van der Waals surface area contributed by atoms with Gasteiger partial charge in [0, 0.05) is 7.05 Å². The fourth-order valence-corrected chi connectivity index (χ4v) is 2.45. The summed E-state index contributed by atoms with van der Waals surface area (Å²) in [6, 6.07) is 0. The van der Waals surface area contributed by atoms with Gasteiger partial charge in [-0.2, -0.15) is 9.97 Å². The molecular weight excluding hydrogens is 294 g/mol. The van der Waals surface area contributed by atoms with Gasteiger partial charge in [0.15, 0.2) is 23.2 Å². The van der Waals surface area contributed by atoms with Crippen molar-refractivity contribution in [3.05, 3.63) is 6.33 Å². The van der Waals surface area contributed by atoms with Crippen LogP contribution in [-0.2, 0) is 4.74 Å². The second kappa shape index (κ2) is 5.62. The van der Waals surface area contributed by atoms with Crippen LogP contribution in [0.3, 0.4) is 0 Å². The largest absolute Gasteiger partial charge is 0.394 e. The number of ether oxygens (including phenoxy) is 1. The van der Waals surface area contributed by atoms with Crippen LogP contribution in [0, 0.1) is 0 Å². The highest BCUT2D eigenvalue weighted by molar-refractivity contribution is 5.84. The predicted molar refractivity (Wildman–Crippen MR) is 75.7 cm³/mol. The van der Waals surface area contributed by atoms with Gasteiger partial charge in [-0.25, -0.2) is 10.8 Å². The summed E-state index contributed by atoms with van der Waals surface area (Å²) in [5.74, 6) is 5.95. The molecule has 3 heterocycles. The Morgan fingerprint density at radius 2 is 2.14 bits per heavy atom. The molecule has 0 bridgehead atoms. The van der Waals surface area contributed by atoms with E-state index in [1.807, 2.05) is 0 Å². The van der Waals surface area contributed by atoms with Crippen molar-refractivity contribution < 1.29 is 20.1 Å². The number of hydrogen-bond donors (Lipinski definition) is 6. The number of rotatable bonds is 4. The van der Waals surface area contributed by atoms with Crippen LogP contribution < -0.4 is 16.6 Å². The van der Waals surface area contributed by atoms with Crippen molar-refractivity contribution in [1.29, 1.82) is 0 Å². The molecule has 0 radical (unpaired) electrons. The lowest BCUT2D eigenvalue weighted by molar-refractivity contribution is -0.0511. The molecule has 1 fully saturated rings. The lowest BCUT2D eigenvalue weighted by atomic mass is 10.1. The molecule has 0 amide bonds. The molecule has 0 aromatic carbocycles. The third kappa shape index (κ3) is 2.15. The summed E-state index contributed by atoms with van der Waals surface area (Å²) >= 11 is 0. The molecule has 1 saturated heterocycles. The Labute approximate surface area is 124 Å². The second-order valence-corrected chi connectivity index (χ2v) is 4.84. The summed E-state index contributed by atoms with van der Waals surface area (Å²) in [6.45, 7) is -0.409. The van der Waals surface area contributed by atoms with Gasteiger partial charge in [-0.15, -0.1) is 0 Å². The predicted octanol–water partition coefficient (Wildman–Crippen LogP) is -2.23. The normalized spacial score (nSPS) is 28.2. The Bertz CT molecular complexity index is 678. The molecule has 11 heteroatoms. The summed E-state index contributed by atoms with van der Waals surface area (Å²) in [7, 11) is 1.67. The Morgan fingerprint density at radius 1 is 1.36 bits per heavy atom. The lowest BCUT2D eigenvalue weighted by Crippen LogP contribution is -2.33. The van der Waals surface area contributed by atoms with E-state index in [-0.39, 0.29) is 5.95 Å². The van der Waals surface area contributed by atoms with E-state index in [0.717, 1.165) is 0 Å². The fourth-order valence-electron chi connectivity index (χ4n) is 2.45. The Hall–Kier alpha value is -2.05. The van der Waals surface area contributed by atoms with E-state index >= 15 is 0 Å². The standard InChI is InChI=1S/C11H17N7O4/c1-13-8-5-9(16-11(15-8)17-12)18(3-14-5)10-7(21)6(20)4(2-19)22-10/h3-4,6-7,10,19-21H,2,12H2,1H3,(H2,13,15,16,17)/t4-,6-,7-,10-/m1/s1. The van der Waals surface area contributed by atoms with Gasteiger partial charge < -0.3 is 25.4 Å². The first-order valence-electron chi connectivity index (χ1n) is 6.62. The number of aromatic nitrogens is 4. The maximum atomic E-state index is 10.1. The molecule has 0 saturated carbocycles. The smallest absolute Gasteiger partial charge is 0.241 e. The SMILES string of the molecule is CNc1nc(NN)nc2c1ncn2[C@@H]1O[C@H](CO)[C@@H](O)[C@H]1O. The highest BCUT2D eigenvalue weighted by Gasteiger charge is 2.44. The molecule has 1 aliphatic rings. The molecule has 3 rings (SSSR count). The van der Waals surface area contributed by atoms with Crippen LogP contribution in [-0.4, -0.2) is 66.8 Å². The number of nitrogens with zero attached hydrogens (tertiary/aromatic N) is 4. The second-order valence-electron chi connectivity index (χ2n) is 4.84. The summed E-state index contributed by atoms with van der Waals surface area (Å²) in [5.41, 5.74) is 3.17. The van der Waals surface area contributed by atoms with Gasteiger partial charge in [0.25, 0.3) is 0 Å². The molecule has 2 aromatic rings. The number of aliphatic hydroxyl groups excluding tert-OH is 3. The van der Waals surface area contributed by atoms with Gasteiger partial charge in [0.2, 0.25) is 5.95 Å². The third-order valence-corrected chi connectivity index (χ3v) is 3.58. The highest BCUT2D eigenvalue weighted by Crippen LogP contribution is 2.32. The Morgan fingerprint density at radius 3 is 2.73 bits per heavy atom. The quantitative estimate of drug-likeness (QED) is 0.269. The van der Waals surface area contributed by atoms with E-state index in [0.29, 0.717) is 17.0 Å². The monoisotopic (exact) mass is 311 g/mol. The van der Waals surface area contributed by atoms with E-state index in [1.54, 1.807) is 7.05 Å². The molecule has 120 valence electrons. The van der Waals surface area contributed by atoms with Crippen LogP contribution in [0.2, 0.25) is 0 Å². The maximum absolute atomic E-state index is 10.1. The molecule has 1 aliphatic heterocycles. The maximum Gasteiger partial charge on any atom is 0.241 e. The summed E-state index contributed by atoms with van der Waals surface area (Å²) < 4.78 is 6.94. The van der Waals surface area contributed by atoms with Crippen molar-refractivity contribution in [2.24, 2.45) is 5.84 Å². The first kappa shape index (κ1) is 14.9. The number of nitrogen functional groups attached to an aromatic ring is 1. The number of hydrazine groups is 1. The van der Waals surface area contributed by atoms with Gasteiger partial charge in [0.1, 0.15) is 18.3 Å². The molecule has 7 N–H and O–H groups in total. The minimum atomic E-state index is -1.23. The number of aliphatic hydroxyl groups is 3. The number of fused-ring (bicyclic) bond motifs is 1. The van der Waals surface area contributed by atoms with Crippen molar-refractivity contribution >= 4 is 22.9 Å². The van der Waals surface area contributed by atoms with Gasteiger partial charge in [0.05, 0.1) is 12.9 Å². The molecule has 22 heavy (non-hydrogen) atoms. The molecule has 4 atom stereocenters. The zero-order valence-electron chi connectivity index (χ0n) is 11.7. The molecule has 0 unspecified atom stereocenters. The van der Waals surface area contributed by atoms with Gasteiger partial charge >= 0.3 is 0 Å². The molecule has 0 aliphatic carbocycles. The van der Waals surface area contributed by atoms with E-state index < -0.39 is 31.1 Å². The molecule has 11 nitrogen and oxygen atoms in total. The van der Waals surface area contributed by atoms with Crippen molar-refractivity contribution in [3.8, 4) is 0 Å². The molecular formula is C11H17N7O4. The highest BCUT2D eigenvalue weighted by atomic mass is 16.6. The molecule has 0 spiro atoms. The summed E-state index contributed by atoms with van der Waals surface area (Å²) in [6.07, 6.45) is -2.82. The van der Waals surface area contributed by atoms with E-state index in [9.17, 15) is 10.2 Å². The lowest BCUT2D eigenvalue weighted by Gasteiger charge is -2.16. The number of nitrogens with two attached hydrogens (primary N) is 1. The minimum Gasteiger partial charge on any atom is -0.394 e. The first-order chi connectivity index (χ1) is 10.6. The van der Waals surface area contributed by atoms with Gasteiger partial charge in [-0.05, 0) is 0 Å².